The van der Waals surface area contributed by atoms with Crippen molar-refractivity contribution in [2.24, 2.45) is 11.1 Å². The van der Waals surface area contributed by atoms with Crippen molar-refractivity contribution in [2.75, 3.05) is 12.4 Å². The summed E-state index contributed by atoms with van der Waals surface area (Å²) in [7, 11) is 0. The predicted octanol–water partition coefficient (Wildman–Crippen LogP) is 3.57. The van der Waals surface area contributed by atoms with E-state index in [1.807, 2.05) is 0 Å². The summed E-state index contributed by atoms with van der Waals surface area (Å²) < 4.78 is 36.0. The molecular weight excluding hydrogens is 318 g/mol. The van der Waals surface area contributed by atoms with Crippen molar-refractivity contribution in [3.63, 3.8) is 0 Å². The SMILES string of the molecule is [O-][S+](CCC=C(F)F)c1ncc(C=NOCC2CCC2)s1. The minimum Gasteiger partial charge on any atom is -0.610 e. The van der Waals surface area contributed by atoms with Crippen molar-refractivity contribution in [1.29, 1.82) is 0 Å². The highest BCUT2D eigenvalue weighted by Gasteiger charge is 2.18. The van der Waals surface area contributed by atoms with E-state index in [4.69, 9.17) is 4.84 Å². The van der Waals surface area contributed by atoms with Crippen LogP contribution in [0, 0.1) is 5.92 Å². The summed E-state index contributed by atoms with van der Waals surface area (Å²) in [6.45, 7) is 0.634. The van der Waals surface area contributed by atoms with Crippen LogP contribution >= 0.6 is 11.3 Å². The molecule has 0 spiro atoms. The first-order chi connectivity index (χ1) is 10.1. The number of aromatic nitrogens is 1. The van der Waals surface area contributed by atoms with Crippen LogP contribution in [0.5, 0.6) is 0 Å². The van der Waals surface area contributed by atoms with Crippen LogP contribution in [-0.2, 0) is 16.0 Å². The summed E-state index contributed by atoms with van der Waals surface area (Å²) in [5.41, 5.74) is 0. The molecule has 0 aliphatic heterocycles. The molecule has 4 nitrogen and oxygen atoms in total. The van der Waals surface area contributed by atoms with E-state index >= 15 is 0 Å². The number of nitrogens with zero attached hydrogens (tertiary/aromatic N) is 2. The monoisotopic (exact) mass is 334 g/mol. The zero-order chi connectivity index (χ0) is 15.1. The Morgan fingerprint density at radius 2 is 2.38 bits per heavy atom. The van der Waals surface area contributed by atoms with Crippen LogP contribution in [0.25, 0.3) is 0 Å². The van der Waals surface area contributed by atoms with Gasteiger partial charge in [0.25, 0.3) is 6.08 Å². The van der Waals surface area contributed by atoms with Gasteiger partial charge in [0.15, 0.2) is 0 Å². The molecule has 1 fully saturated rings. The maximum Gasteiger partial charge on any atom is 0.302 e. The fourth-order valence-corrected chi connectivity index (χ4v) is 3.79. The molecule has 116 valence electrons. The Morgan fingerprint density at radius 1 is 1.57 bits per heavy atom. The Hall–Kier alpha value is -0.990. The van der Waals surface area contributed by atoms with Crippen molar-refractivity contribution in [2.45, 2.75) is 30.0 Å². The summed E-state index contributed by atoms with van der Waals surface area (Å²) in [5.74, 6) is 0.759. The first-order valence-electron chi connectivity index (χ1n) is 6.66. The molecule has 1 aliphatic carbocycles. The molecule has 1 aromatic rings. The summed E-state index contributed by atoms with van der Waals surface area (Å²) >= 11 is -0.129. The molecule has 1 unspecified atom stereocenters. The smallest absolute Gasteiger partial charge is 0.302 e. The lowest BCUT2D eigenvalue weighted by Gasteiger charge is -2.23. The van der Waals surface area contributed by atoms with Crippen LogP contribution in [0.1, 0.15) is 30.6 Å². The highest BCUT2D eigenvalue weighted by atomic mass is 32.2. The molecule has 1 atom stereocenters. The van der Waals surface area contributed by atoms with E-state index < -0.39 is 17.3 Å². The van der Waals surface area contributed by atoms with Crippen LogP contribution in [0.3, 0.4) is 0 Å². The molecule has 1 saturated carbocycles. The Kier molecular flexibility index (Phi) is 6.59. The van der Waals surface area contributed by atoms with Crippen LogP contribution in [-0.4, -0.2) is 28.1 Å². The zero-order valence-corrected chi connectivity index (χ0v) is 13.0. The van der Waals surface area contributed by atoms with E-state index in [-0.39, 0.29) is 12.2 Å². The third kappa shape index (κ3) is 5.72. The highest BCUT2D eigenvalue weighted by Crippen LogP contribution is 2.26. The molecule has 0 bridgehead atoms. The number of thiazole rings is 1. The molecule has 0 saturated heterocycles. The molecular formula is C13H16F2N2O2S2. The fourth-order valence-electron chi connectivity index (χ4n) is 1.69. The van der Waals surface area contributed by atoms with Gasteiger partial charge in [0, 0.05) is 17.6 Å². The molecule has 0 radical (unpaired) electrons. The lowest BCUT2D eigenvalue weighted by Crippen LogP contribution is -2.16. The molecule has 0 N–H and O–H groups in total. The first kappa shape index (κ1) is 16.4. The second-order valence-corrected chi connectivity index (χ2v) is 7.49. The summed E-state index contributed by atoms with van der Waals surface area (Å²) in [5, 5.41) is 3.86. The van der Waals surface area contributed by atoms with Crippen LogP contribution < -0.4 is 0 Å². The van der Waals surface area contributed by atoms with E-state index in [1.54, 1.807) is 6.20 Å². The average Bonchev–Trinajstić information content (AvgIpc) is 2.84. The van der Waals surface area contributed by atoms with Gasteiger partial charge in [-0.25, -0.2) is 0 Å². The van der Waals surface area contributed by atoms with Gasteiger partial charge < -0.3 is 9.39 Å². The maximum atomic E-state index is 11.9. The molecule has 1 heterocycles. The van der Waals surface area contributed by atoms with Gasteiger partial charge in [-0.1, -0.05) is 22.9 Å². The largest absolute Gasteiger partial charge is 0.610 e. The second-order valence-electron chi connectivity index (χ2n) is 4.69. The third-order valence-electron chi connectivity index (χ3n) is 3.09. The molecule has 2 rings (SSSR count). The quantitative estimate of drug-likeness (QED) is 0.415. The van der Waals surface area contributed by atoms with Crippen molar-refractivity contribution in [3.8, 4) is 0 Å². The van der Waals surface area contributed by atoms with Gasteiger partial charge in [-0.2, -0.15) is 13.8 Å². The van der Waals surface area contributed by atoms with Gasteiger partial charge in [-0.15, -0.1) is 0 Å². The van der Waals surface area contributed by atoms with E-state index in [2.05, 4.69) is 10.1 Å². The summed E-state index contributed by atoms with van der Waals surface area (Å²) in [4.78, 5) is 9.94. The minimum absolute atomic E-state index is 0.0719. The average molecular weight is 334 g/mol. The van der Waals surface area contributed by atoms with Crippen LogP contribution in [0.4, 0.5) is 8.78 Å². The number of oxime groups is 1. The van der Waals surface area contributed by atoms with E-state index in [9.17, 15) is 13.3 Å². The molecule has 8 heteroatoms. The lowest BCUT2D eigenvalue weighted by molar-refractivity contribution is 0.0768. The first-order valence-corrected chi connectivity index (χ1v) is 8.79. The second kappa shape index (κ2) is 8.45. The van der Waals surface area contributed by atoms with Crippen molar-refractivity contribution < 1.29 is 18.2 Å². The van der Waals surface area contributed by atoms with Gasteiger partial charge in [0.2, 0.25) is 0 Å². The third-order valence-corrected chi connectivity index (χ3v) is 5.72. The van der Waals surface area contributed by atoms with Gasteiger partial charge in [-0.3, -0.25) is 0 Å². The van der Waals surface area contributed by atoms with E-state index in [0.717, 1.165) is 11.0 Å². The molecule has 0 amide bonds. The van der Waals surface area contributed by atoms with Crippen LogP contribution in [0.2, 0.25) is 0 Å². The minimum atomic E-state index is -1.75. The number of halogens is 2. The van der Waals surface area contributed by atoms with E-state index in [1.165, 1.54) is 36.8 Å². The molecule has 0 aromatic carbocycles. The molecule has 1 aliphatic rings. The Balaban J connectivity index is 1.74. The van der Waals surface area contributed by atoms with Gasteiger partial charge >= 0.3 is 4.34 Å². The summed E-state index contributed by atoms with van der Waals surface area (Å²) in [6, 6.07) is 0. The number of rotatable bonds is 8. The lowest BCUT2D eigenvalue weighted by atomic mass is 9.86. The van der Waals surface area contributed by atoms with E-state index in [0.29, 0.717) is 16.9 Å². The van der Waals surface area contributed by atoms with Crippen molar-refractivity contribution in [3.05, 3.63) is 23.2 Å². The van der Waals surface area contributed by atoms with Gasteiger partial charge in [-0.05, 0) is 24.8 Å². The maximum absolute atomic E-state index is 11.9. The number of hydrogen-bond donors (Lipinski definition) is 0. The number of hydrogen-bond acceptors (Lipinski definition) is 5. The molecule has 21 heavy (non-hydrogen) atoms. The molecule has 1 aromatic heterocycles. The van der Waals surface area contributed by atoms with Crippen molar-refractivity contribution >= 4 is 28.7 Å². The van der Waals surface area contributed by atoms with Gasteiger partial charge in [0.05, 0.1) is 17.3 Å². The fraction of sp³-hybridized carbons (Fsp3) is 0.538. The zero-order valence-electron chi connectivity index (χ0n) is 11.3. The predicted molar refractivity (Wildman–Crippen MR) is 79.2 cm³/mol. The van der Waals surface area contributed by atoms with Crippen LogP contribution in [0.15, 0.2) is 27.8 Å². The highest BCUT2D eigenvalue weighted by molar-refractivity contribution is 7.93. The topological polar surface area (TPSA) is 57.5 Å². The van der Waals surface area contributed by atoms with Crippen molar-refractivity contribution in [1.82, 2.24) is 4.98 Å². The van der Waals surface area contributed by atoms with Gasteiger partial charge in [0.1, 0.15) is 12.4 Å². The Morgan fingerprint density at radius 3 is 3.05 bits per heavy atom. The summed E-state index contributed by atoms with van der Waals surface area (Å²) in [6.07, 6.45) is 5.86. The Bertz CT molecular complexity index is 500. The Labute approximate surface area is 129 Å². The standard InChI is InChI=1S/C13H16F2N2O2S2/c14-12(15)5-2-6-21(18)13-16-7-11(20-13)8-17-19-9-10-3-1-4-10/h5,7-8,10H,1-4,6,9H2. The normalized spacial score (nSPS) is 16.7. The number of allylic oxidation sites excluding steroid dienone is 1.